The van der Waals surface area contributed by atoms with Crippen LogP contribution in [0.15, 0.2) is 41.8 Å². The number of nitrogens with zero attached hydrogens (tertiary/aromatic N) is 1. The smallest absolute Gasteiger partial charge is 0.116 e. The highest BCUT2D eigenvalue weighted by Gasteiger charge is 2.17. The number of nitrogens with two attached hydrogens (primary N) is 1. The summed E-state index contributed by atoms with van der Waals surface area (Å²) in [5.41, 5.74) is 7.93. The first-order chi connectivity index (χ1) is 8.38. The standard InChI is InChI=1S/C13H13N3S/c14-8-9(12-6-3-7-17-12)13-15-10-4-1-2-5-11(10)16-13/h1-7,9H,8,14H2,(H,15,16). The number of aromatic amines is 1. The van der Waals surface area contributed by atoms with Crippen LogP contribution >= 0.6 is 11.3 Å². The molecule has 0 aliphatic carbocycles. The lowest BCUT2D eigenvalue weighted by Crippen LogP contribution is -2.13. The Balaban J connectivity index is 2.07. The lowest BCUT2D eigenvalue weighted by atomic mass is 10.1. The molecular weight excluding hydrogens is 230 g/mol. The van der Waals surface area contributed by atoms with Gasteiger partial charge in [-0.2, -0.15) is 0 Å². The second-order valence-electron chi connectivity index (χ2n) is 3.94. The summed E-state index contributed by atoms with van der Waals surface area (Å²) < 4.78 is 0. The van der Waals surface area contributed by atoms with Crippen LogP contribution in [0.4, 0.5) is 0 Å². The highest BCUT2D eigenvalue weighted by atomic mass is 32.1. The Kier molecular flexibility index (Phi) is 2.66. The molecule has 0 fully saturated rings. The molecule has 0 spiro atoms. The van der Waals surface area contributed by atoms with E-state index in [2.05, 4.69) is 21.4 Å². The Labute approximate surface area is 103 Å². The van der Waals surface area contributed by atoms with E-state index in [1.807, 2.05) is 30.3 Å². The number of benzene rings is 1. The molecule has 3 nitrogen and oxygen atoms in total. The van der Waals surface area contributed by atoms with E-state index in [0.717, 1.165) is 16.9 Å². The molecule has 0 bridgehead atoms. The average molecular weight is 243 g/mol. The van der Waals surface area contributed by atoms with Gasteiger partial charge in [0.25, 0.3) is 0 Å². The maximum absolute atomic E-state index is 5.86. The van der Waals surface area contributed by atoms with Gasteiger partial charge < -0.3 is 10.7 Å². The van der Waals surface area contributed by atoms with Crippen molar-refractivity contribution in [3.05, 3.63) is 52.5 Å². The van der Waals surface area contributed by atoms with Gasteiger partial charge in [-0.1, -0.05) is 18.2 Å². The van der Waals surface area contributed by atoms with Gasteiger partial charge in [0.05, 0.1) is 17.0 Å². The predicted molar refractivity (Wildman–Crippen MR) is 71.3 cm³/mol. The summed E-state index contributed by atoms with van der Waals surface area (Å²) in [5, 5.41) is 2.07. The van der Waals surface area contributed by atoms with Crippen molar-refractivity contribution in [1.29, 1.82) is 0 Å². The second kappa shape index (κ2) is 4.31. The molecule has 1 atom stereocenters. The number of aromatic nitrogens is 2. The van der Waals surface area contributed by atoms with Crippen molar-refractivity contribution >= 4 is 22.4 Å². The monoisotopic (exact) mass is 243 g/mol. The minimum Gasteiger partial charge on any atom is -0.341 e. The number of fused-ring (bicyclic) bond motifs is 1. The Bertz CT molecular complexity index is 579. The average Bonchev–Trinajstić information content (AvgIpc) is 2.98. The second-order valence-corrected chi connectivity index (χ2v) is 4.92. The fourth-order valence-electron chi connectivity index (χ4n) is 1.99. The van der Waals surface area contributed by atoms with Gasteiger partial charge >= 0.3 is 0 Å². The first-order valence-electron chi connectivity index (χ1n) is 5.56. The molecule has 0 radical (unpaired) electrons. The molecule has 0 aliphatic heterocycles. The molecule has 2 heterocycles. The summed E-state index contributed by atoms with van der Waals surface area (Å²) in [6.07, 6.45) is 0. The van der Waals surface area contributed by atoms with E-state index >= 15 is 0 Å². The van der Waals surface area contributed by atoms with Gasteiger partial charge in [0.15, 0.2) is 0 Å². The first-order valence-corrected chi connectivity index (χ1v) is 6.44. The summed E-state index contributed by atoms with van der Waals surface area (Å²) in [7, 11) is 0. The number of hydrogen-bond acceptors (Lipinski definition) is 3. The largest absolute Gasteiger partial charge is 0.341 e. The van der Waals surface area contributed by atoms with Gasteiger partial charge in [0.1, 0.15) is 5.82 Å². The summed E-state index contributed by atoms with van der Waals surface area (Å²) in [6.45, 7) is 0.570. The van der Waals surface area contributed by atoms with Crippen LogP contribution in [-0.4, -0.2) is 16.5 Å². The van der Waals surface area contributed by atoms with Crippen LogP contribution in [0.25, 0.3) is 11.0 Å². The third-order valence-electron chi connectivity index (χ3n) is 2.86. The van der Waals surface area contributed by atoms with E-state index in [-0.39, 0.29) is 5.92 Å². The minimum atomic E-state index is 0.169. The predicted octanol–water partition coefficient (Wildman–Crippen LogP) is 2.72. The molecule has 0 saturated heterocycles. The molecule has 86 valence electrons. The van der Waals surface area contributed by atoms with Gasteiger partial charge in [0.2, 0.25) is 0 Å². The molecule has 3 N–H and O–H groups in total. The van der Waals surface area contributed by atoms with E-state index in [9.17, 15) is 0 Å². The van der Waals surface area contributed by atoms with Crippen molar-refractivity contribution in [3.8, 4) is 0 Å². The number of imidazole rings is 1. The normalized spacial score (nSPS) is 13.0. The molecule has 4 heteroatoms. The maximum atomic E-state index is 5.86. The van der Waals surface area contributed by atoms with E-state index in [4.69, 9.17) is 5.73 Å². The van der Waals surface area contributed by atoms with Crippen molar-refractivity contribution in [3.63, 3.8) is 0 Å². The Morgan fingerprint density at radius 3 is 2.82 bits per heavy atom. The zero-order valence-corrected chi connectivity index (χ0v) is 10.1. The van der Waals surface area contributed by atoms with Gasteiger partial charge in [-0.15, -0.1) is 11.3 Å². The molecule has 3 aromatic rings. The number of hydrogen-bond donors (Lipinski definition) is 2. The van der Waals surface area contributed by atoms with Crippen molar-refractivity contribution in [2.45, 2.75) is 5.92 Å². The highest BCUT2D eigenvalue weighted by Crippen LogP contribution is 2.26. The van der Waals surface area contributed by atoms with Crippen molar-refractivity contribution < 1.29 is 0 Å². The van der Waals surface area contributed by atoms with Crippen LogP contribution in [0.2, 0.25) is 0 Å². The summed E-state index contributed by atoms with van der Waals surface area (Å²) in [6, 6.07) is 12.2. The van der Waals surface area contributed by atoms with E-state index < -0.39 is 0 Å². The van der Waals surface area contributed by atoms with Crippen LogP contribution in [0.3, 0.4) is 0 Å². The van der Waals surface area contributed by atoms with Crippen LogP contribution in [0.5, 0.6) is 0 Å². The summed E-state index contributed by atoms with van der Waals surface area (Å²) >= 11 is 1.72. The van der Waals surface area contributed by atoms with Crippen molar-refractivity contribution in [2.24, 2.45) is 5.73 Å². The lowest BCUT2D eigenvalue weighted by molar-refractivity contribution is 0.782. The molecule has 3 rings (SSSR count). The molecule has 0 aliphatic rings. The van der Waals surface area contributed by atoms with Crippen LogP contribution in [0, 0.1) is 0 Å². The first kappa shape index (κ1) is 10.5. The third kappa shape index (κ3) is 1.85. The molecule has 1 unspecified atom stereocenters. The number of para-hydroxylation sites is 2. The zero-order chi connectivity index (χ0) is 11.7. The fraction of sp³-hybridized carbons (Fsp3) is 0.154. The SMILES string of the molecule is NCC(c1nc2ccccc2[nH]1)c1cccs1. The highest BCUT2D eigenvalue weighted by molar-refractivity contribution is 7.10. The molecule has 1 aromatic carbocycles. The lowest BCUT2D eigenvalue weighted by Gasteiger charge is -2.08. The topological polar surface area (TPSA) is 54.7 Å². The Morgan fingerprint density at radius 2 is 2.12 bits per heavy atom. The summed E-state index contributed by atoms with van der Waals surface area (Å²) in [5.74, 6) is 1.12. The number of rotatable bonds is 3. The molecule has 2 aromatic heterocycles. The zero-order valence-electron chi connectivity index (χ0n) is 9.26. The molecular formula is C13H13N3S. The minimum absolute atomic E-state index is 0.169. The molecule has 17 heavy (non-hydrogen) atoms. The molecule has 0 amide bonds. The fourth-order valence-corrected chi connectivity index (χ4v) is 2.83. The third-order valence-corrected chi connectivity index (χ3v) is 3.85. The summed E-state index contributed by atoms with van der Waals surface area (Å²) in [4.78, 5) is 9.22. The van der Waals surface area contributed by atoms with Crippen LogP contribution in [0.1, 0.15) is 16.6 Å². The van der Waals surface area contributed by atoms with Crippen molar-refractivity contribution in [2.75, 3.05) is 6.54 Å². The van der Waals surface area contributed by atoms with E-state index in [1.165, 1.54) is 4.88 Å². The number of H-pyrrole nitrogens is 1. The van der Waals surface area contributed by atoms with Gasteiger partial charge in [0, 0.05) is 11.4 Å². The van der Waals surface area contributed by atoms with E-state index in [1.54, 1.807) is 11.3 Å². The van der Waals surface area contributed by atoms with Gasteiger partial charge in [-0.3, -0.25) is 0 Å². The van der Waals surface area contributed by atoms with Crippen molar-refractivity contribution in [1.82, 2.24) is 9.97 Å². The Morgan fingerprint density at radius 1 is 1.24 bits per heavy atom. The number of thiophene rings is 1. The van der Waals surface area contributed by atoms with Gasteiger partial charge in [-0.25, -0.2) is 4.98 Å². The van der Waals surface area contributed by atoms with Crippen LogP contribution < -0.4 is 5.73 Å². The maximum Gasteiger partial charge on any atom is 0.116 e. The van der Waals surface area contributed by atoms with Crippen LogP contribution in [-0.2, 0) is 0 Å². The Hall–Kier alpha value is -1.65. The van der Waals surface area contributed by atoms with Gasteiger partial charge in [-0.05, 0) is 23.6 Å². The molecule has 0 saturated carbocycles. The number of nitrogens with one attached hydrogen (secondary N) is 1. The quantitative estimate of drug-likeness (QED) is 0.743. The van der Waals surface area contributed by atoms with E-state index in [0.29, 0.717) is 6.54 Å².